The van der Waals surface area contributed by atoms with Crippen LogP contribution < -0.4 is 5.73 Å². The number of piperidine rings is 1. The van der Waals surface area contributed by atoms with Crippen LogP contribution in [0.4, 0.5) is 5.82 Å². The predicted octanol–water partition coefficient (Wildman–Crippen LogP) is 2.44. The maximum Gasteiger partial charge on any atom is 0.278 e. The first-order valence-corrected chi connectivity index (χ1v) is 7.72. The molecule has 0 atom stereocenters. The number of nitrogen functional groups attached to an aromatic ring is 1. The zero-order valence-corrected chi connectivity index (χ0v) is 13.2. The van der Waals surface area contributed by atoms with E-state index in [-0.39, 0.29) is 17.4 Å². The summed E-state index contributed by atoms with van der Waals surface area (Å²) in [5, 5.41) is 8.60. The average molecular weight is 320 g/mol. The largest absolute Gasteiger partial charge is 0.382 e. The van der Waals surface area contributed by atoms with E-state index in [1.54, 1.807) is 11.0 Å². The van der Waals surface area contributed by atoms with E-state index in [0.29, 0.717) is 10.7 Å². The van der Waals surface area contributed by atoms with Crippen molar-refractivity contribution in [3.63, 3.8) is 0 Å². The van der Waals surface area contributed by atoms with E-state index < -0.39 is 0 Å². The highest BCUT2D eigenvalue weighted by Crippen LogP contribution is 2.22. The Bertz CT molecular complexity index is 706. The number of amides is 1. The monoisotopic (exact) mass is 319 g/mol. The molecule has 1 fully saturated rings. The van der Waals surface area contributed by atoms with E-state index in [9.17, 15) is 4.79 Å². The number of nitrogens with two attached hydrogens (primary N) is 1. The number of carbonyl (C=O) groups excluding carboxylic acids is 1. The fourth-order valence-electron chi connectivity index (χ4n) is 2.59. The number of nitrogens with zero attached hydrogens (tertiary/aromatic N) is 4. The van der Waals surface area contributed by atoms with Crippen molar-refractivity contribution in [3.05, 3.63) is 34.5 Å². The highest BCUT2D eigenvalue weighted by molar-refractivity contribution is 6.31. The van der Waals surface area contributed by atoms with Gasteiger partial charge in [-0.1, -0.05) is 22.9 Å². The lowest BCUT2D eigenvalue weighted by atomic mass is 10.1. The lowest BCUT2D eigenvalue weighted by Crippen LogP contribution is -2.36. The van der Waals surface area contributed by atoms with E-state index in [4.69, 9.17) is 17.3 Å². The number of aryl methyl sites for hydroxylation is 1. The van der Waals surface area contributed by atoms with Crippen LogP contribution >= 0.6 is 11.6 Å². The molecule has 0 spiro atoms. The number of carbonyl (C=O) groups is 1. The van der Waals surface area contributed by atoms with Gasteiger partial charge in [-0.05, 0) is 43.9 Å². The molecule has 0 bridgehead atoms. The maximum atomic E-state index is 12.5. The van der Waals surface area contributed by atoms with Gasteiger partial charge in [-0.15, -0.1) is 5.10 Å². The van der Waals surface area contributed by atoms with Gasteiger partial charge in [0.05, 0.1) is 5.69 Å². The third-order valence-corrected chi connectivity index (χ3v) is 4.36. The Morgan fingerprint density at radius 1 is 1.27 bits per heavy atom. The molecule has 116 valence electrons. The molecule has 6 nitrogen and oxygen atoms in total. The van der Waals surface area contributed by atoms with Crippen LogP contribution in [0.2, 0.25) is 5.02 Å². The fraction of sp³-hybridized carbons (Fsp3) is 0.400. The maximum absolute atomic E-state index is 12.5. The van der Waals surface area contributed by atoms with Gasteiger partial charge in [0.2, 0.25) is 0 Å². The summed E-state index contributed by atoms with van der Waals surface area (Å²) in [6, 6.07) is 5.49. The number of benzene rings is 1. The summed E-state index contributed by atoms with van der Waals surface area (Å²) in [7, 11) is 0. The number of aromatic nitrogens is 3. The highest BCUT2D eigenvalue weighted by atomic mass is 35.5. The quantitative estimate of drug-likeness (QED) is 0.922. The number of rotatable bonds is 2. The van der Waals surface area contributed by atoms with Crippen molar-refractivity contribution in [2.24, 2.45) is 0 Å². The molecule has 1 aliphatic heterocycles. The molecule has 2 aromatic rings. The number of anilines is 1. The minimum atomic E-state index is -0.151. The first-order chi connectivity index (χ1) is 10.6. The van der Waals surface area contributed by atoms with Crippen LogP contribution in [0.15, 0.2) is 18.2 Å². The molecule has 1 amide bonds. The zero-order chi connectivity index (χ0) is 15.7. The van der Waals surface area contributed by atoms with Gasteiger partial charge < -0.3 is 10.6 Å². The van der Waals surface area contributed by atoms with Crippen molar-refractivity contribution in [2.45, 2.75) is 26.2 Å². The topological polar surface area (TPSA) is 77.0 Å². The molecular formula is C15H18ClN5O. The standard InChI is InChI=1S/C15H18ClN5O/c1-10-5-6-11(9-12(10)16)21-14(17)13(18-19-21)15(22)20-7-3-2-4-8-20/h5-6,9H,2-4,7-8,17H2,1H3. The third kappa shape index (κ3) is 2.66. The molecule has 3 rings (SSSR count). The Morgan fingerprint density at radius 2 is 2.00 bits per heavy atom. The molecule has 1 aliphatic rings. The first-order valence-electron chi connectivity index (χ1n) is 7.35. The molecule has 1 aromatic carbocycles. The summed E-state index contributed by atoms with van der Waals surface area (Å²) >= 11 is 6.13. The minimum absolute atomic E-state index is 0.151. The SMILES string of the molecule is Cc1ccc(-n2nnc(C(=O)N3CCCCC3)c2N)cc1Cl. The third-order valence-electron chi connectivity index (χ3n) is 3.95. The smallest absolute Gasteiger partial charge is 0.278 e. The second-order valence-corrected chi connectivity index (χ2v) is 5.93. The van der Waals surface area contributed by atoms with Gasteiger partial charge in [0.15, 0.2) is 11.5 Å². The van der Waals surface area contributed by atoms with Crippen molar-refractivity contribution in [1.82, 2.24) is 19.9 Å². The molecule has 0 radical (unpaired) electrons. The lowest BCUT2D eigenvalue weighted by Gasteiger charge is -2.25. The van der Waals surface area contributed by atoms with Gasteiger partial charge in [-0.3, -0.25) is 4.79 Å². The zero-order valence-electron chi connectivity index (χ0n) is 12.4. The lowest BCUT2D eigenvalue weighted by molar-refractivity contribution is 0.0719. The Hall–Kier alpha value is -2.08. The van der Waals surface area contributed by atoms with Crippen molar-refractivity contribution in [3.8, 4) is 5.69 Å². The molecular weight excluding hydrogens is 302 g/mol. The van der Waals surface area contributed by atoms with E-state index >= 15 is 0 Å². The summed E-state index contributed by atoms with van der Waals surface area (Å²) in [6.45, 7) is 3.42. The van der Waals surface area contributed by atoms with E-state index in [1.807, 2.05) is 19.1 Å². The molecule has 7 heteroatoms. The molecule has 22 heavy (non-hydrogen) atoms. The van der Waals surface area contributed by atoms with Crippen LogP contribution in [0.3, 0.4) is 0 Å². The fourth-order valence-corrected chi connectivity index (χ4v) is 2.77. The molecule has 0 aliphatic carbocycles. The summed E-state index contributed by atoms with van der Waals surface area (Å²) < 4.78 is 1.45. The Kier molecular flexibility index (Phi) is 4.02. The Morgan fingerprint density at radius 3 is 2.68 bits per heavy atom. The molecule has 0 unspecified atom stereocenters. The van der Waals surface area contributed by atoms with Crippen LogP contribution in [0, 0.1) is 6.92 Å². The number of likely N-dealkylation sites (tertiary alicyclic amines) is 1. The Balaban J connectivity index is 1.91. The average Bonchev–Trinajstić information content (AvgIpc) is 2.92. The number of hydrogen-bond acceptors (Lipinski definition) is 4. The summed E-state index contributed by atoms with van der Waals surface area (Å²) in [6.07, 6.45) is 3.20. The van der Waals surface area contributed by atoms with Crippen LogP contribution in [0.1, 0.15) is 35.3 Å². The summed E-state index contributed by atoms with van der Waals surface area (Å²) in [4.78, 5) is 14.3. The van der Waals surface area contributed by atoms with Gasteiger partial charge in [0, 0.05) is 18.1 Å². The normalized spacial score (nSPS) is 15.1. The van der Waals surface area contributed by atoms with Gasteiger partial charge in [0.1, 0.15) is 0 Å². The van der Waals surface area contributed by atoms with Gasteiger partial charge in [0.25, 0.3) is 5.91 Å². The Labute approximate surface area is 133 Å². The number of hydrogen-bond donors (Lipinski definition) is 1. The van der Waals surface area contributed by atoms with Crippen molar-refractivity contribution < 1.29 is 4.79 Å². The van der Waals surface area contributed by atoms with Gasteiger partial charge >= 0.3 is 0 Å². The second-order valence-electron chi connectivity index (χ2n) is 5.52. The molecule has 1 aromatic heterocycles. The number of halogens is 1. The van der Waals surface area contributed by atoms with Crippen LogP contribution in [-0.4, -0.2) is 38.9 Å². The van der Waals surface area contributed by atoms with Crippen molar-refractivity contribution in [2.75, 3.05) is 18.8 Å². The van der Waals surface area contributed by atoms with E-state index in [1.165, 1.54) is 4.68 Å². The first kappa shape index (κ1) is 14.8. The van der Waals surface area contributed by atoms with E-state index in [0.717, 1.165) is 37.9 Å². The molecule has 1 saturated heterocycles. The van der Waals surface area contributed by atoms with E-state index in [2.05, 4.69) is 10.3 Å². The van der Waals surface area contributed by atoms with Gasteiger partial charge in [-0.2, -0.15) is 4.68 Å². The van der Waals surface area contributed by atoms with Crippen LogP contribution in [-0.2, 0) is 0 Å². The van der Waals surface area contributed by atoms with Gasteiger partial charge in [-0.25, -0.2) is 0 Å². The summed E-state index contributed by atoms with van der Waals surface area (Å²) in [5.41, 5.74) is 7.94. The summed E-state index contributed by atoms with van der Waals surface area (Å²) in [5.74, 6) is 0.0946. The molecule has 2 N–H and O–H groups in total. The van der Waals surface area contributed by atoms with Crippen LogP contribution in [0.25, 0.3) is 5.69 Å². The highest BCUT2D eigenvalue weighted by Gasteiger charge is 2.25. The minimum Gasteiger partial charge on any atom is -0.382 e. The second kappa shape index (κ2) is 5.96. The molecule has 2 heterocycles. The van der Waals surface area contributed by atoms with Crippen molar-refractivity contribution >= 4 is 23.3 Å². The predicted molar refractivity (Wildman–Crippen MR) is 85.3 cm³/mol. The van der Waals surface area contributed by atoms with Crippen LogP contribution in [0.5, 0.6) is 0 Å². The molecule has 0 saturated carbocycles. The van der Waals surface area contributed by atoms with Crippen molar-refractivity contribution in [1.29, 1.82) is 0 Å².